The first-order valence-electron chi connectivity index (χ1n) is 5.83. The highest BCUT2D eigenvalue weighted by Crippen LogP contribution is 2.37. The second kappa shape index (κ2) is 6.33. The van der Waals surface area contributed by atoms with Crippen molar-refractivity contribution in [2.45, 2.75) is 12.6 Å². The average Bonchev–Trinajstić information content (AvgIpc) is 2.43. The maximum Gasteiger partial charge on any atom is 0.433 e. The fourth-order valence-corrected chi connectivity index (χ4v) is 2.44. The molecular formula is C14H6Cl3F3N2. The Bertz CT molecular complexity index is 744. The Morgan fingerprint density at radius 3 is 2.18 bits per heavy atom. The average molecular weight is 366 g/mol. The Labute approximate surface area is 139 Å². The van der Waals surface area contributed by atoms with Crippen LogP contribution in [0.5, 0.6) is 0 Å². The van der Waals surface area contributed by atoms with E-state index in [-0.39, 0.29) is 27.2 Å². The summed E-state index contributed by atoms with van der Waals surface area (Å²) < 4.78 is 38.2. The van der Waals surface area contributed by atoms with Crippen molar-refractivity contribution >= 4 is 34.8 Å². The lowest BCUT2D eigenvalue weighted by molar-refractivity contribution is -0.141. The van der Waals surface area contributed by atoms with Crippen LogP contribution in [0.2, 0.25) is 15.1 Å². The molecule has 0 saturated heterocycles. The Kier molecular flexibility index (Phi) is 4.86. The van der Waals surface area contributed by atoms with Crippen LogP contribution in [0.3, 0.4) is 0 Å². The Hall–Kier alpha value is -1.48. The number of pyridine rings is 1. The van der Waals surface area contributed by atoms with E-state index in [2.05, 4.69) is 4.98 Å². The third-order valence-electron chi connectivity index (χ3n) is 2.81. The van der Waals surface area contributed by atoms with Crippen LogP contribution >= 0.6 is 34.8 Å². The van der Waals surface area contributed by atoms with Crippen molar-refractivity contribution in [2.24, 2.45) is 0 Å². The van der Waals surface area contributed by atoms with Crippen LogP contribution in [0.1, 0.15) is 11.4 Å². The van der Waals surface area contributed by atoms with E-state index in [4.69, 9.17) is 40.1 Å². The Morgan fingerprint density at radius 2 is 1.68 bits per heavy atom. The quantitative estimate of drug-likeness (QED) is 0.631. The Balaban J connectivity index is 2.63. The zero-order chi connectivity index (χ0) is 16.5. The number of nitriles is 1. The number of nitrogens with zero attached hydrogens (tertiary/aromatic N) is 2. The van der Waals surface area contributed by atoms with Crippen molar-refractivity contribution in [1.82, 2.24) is 4.98 Å². The van der Waals surface area contributed by atoms with Crippen molar-refractivity contribution < 1.29 is 13.2 Å². The molecule has 8 heteroatoms. The summed E-state index contributed by atoms with van der Waals surface area (Å²) in [5.41, 5.74) is -0.291. The van der Waals surface area contributed by atoms with Crippen molar-refractivity contribution in [2.75, 3.05) is 0 Å². The van der Waals surface area contributed by atoms with Crippen LogP contribution in [0.15, 0.2) is 24.3 Å². The molecule has 1 aromatic heterocycles. The molecule has 0 fully saturated rings. The van der Waals surface area contributed by atoms with E-state index in [0.29, 0.717) is 11.1 Å². The molecule has 0 atom stereocenters. The molecule has 0 aliphatic heterocycles. The van der Waals surface area contributed by atoms with Gasteiger partial charge in [-0.25, -0.2) is 4.98 Å². The van der Waals surface area contributed by atoms with Crippen molar-refractivity contribution in [3.8, 4) is 17.2 Å². The fourth-order valence-electron chi connectivity index (χ4n) is 1.84. The molecule has 114 valence electrons. The molecule has 1 heterocycles. The van der Waals surface area contributed by atoms with Crippen LogP contribution in [0.25, 0.3) is 11.1 Å². The first-order valence-corrected chi connectivity index (χ1v) is 6.96. The largest absolute Gasteiger partial charge is 0.433 e. The number of rotatable bonds is 2. The first kappa shape index (κ1) is 16.9. The minimum absolute atomic E-state index is 0.00761. The van der Waals surface area contributed by atoms with Crippen LogP contribution < -0.4 is 0 Å². The summed E-state index contributed by atoms with van der Waals surface area (Å²) in [4.78, 5) is 3.53. The number of alkyl halides is 3. The molecule has 0 spiro atoms. The number of hydrogen-bond donors (Lipinski definition) is 0. The molecule has 2 nitrogen and oxygen atoms in total. The van der Waals surface area contributed by atoms with Gasteiger partial charge in [0.15, 0.2) is 0 Å². The highest BCUT2D eigenvalue weighted by Gasteiger charge is 2.33. The van der Waals surface area contributed by atoms with E-state index in [0.717, 1.165) is 6.07 Å². The van der Waals surface area contributed by atoms with Gasteiger partial charge in [0.2, 0.25) is 0 Å². The second-order valence-corrected chi connectivity index (χ2v) is 5.47. The van der Waals surface area contributed by atoms with Gasteiger partial charge in [-0.05, 0) is 23.8 Å². The zero-order valence-electron chi connectivity index (χ0n) is 10.7. The summed E-state index contributed by atoms with van der Waals surface area (Å²) in [5.74, 6) is 0. The topological polar surface area (TPSA) is 36.7 Å². The summed E-state index contributed by atoms with van der Waals surface area (Å²) in [7, 11) is 0. The molecule has 2 aromatic rings. The molecule has 0 aliphatic rings. The summed E-state index contributed by atoms with van der Waals surface area (Å²) >= 11 is 17.7. The normalized spacial score (nSPS) is 11.3. The zero-order valence-corrected chi connectivity index (χ0v) is 12.9. The first-order chi connectivity index (χ1) is 10.2. The minimum Gasteiger partial charge on any atom is -0.247 e. The highest BCUT2D eigenvalue weighted by molar-refractivity contribution is 6.48. The minimum atomic E-state index is -4.59. The van der Waals surface area contributed by atoms with Gasteiger partial charge >= 0.3 is 6.18 Å². The van der Waals surface area contributed by atoms with E-state index in [1.807, 2.05) is 0 Å². The molecule has 1 aromatic carbocycles. The van der Waals surface area contributed by atoms with Crippen molar-refractivity contribution in [3.05, 3.63) is 50.7 Å². The third-order valence-corrected chi connectivity index (χ3v) is 4.00. The molecule has 0 unspecified atom stereocenters. The summed E-state index contributed by atoms with van der Waals surface area (Å²) in [5, 5.41) is 9.26. The smallest absolute Gasteiger partial charge is 0.247 e. The SMILES string of the molecule is N#CCc1nc(C(F)(F)F)ccc1-c1cc(Cl)c(Cl)c(Cl)c1. The third kappa shape index (κ3) is 3.46. The predicted octanol–water partition coefficient (Wildman–Crippen LogP) is 5.79. The van der Waals surface area contributed by atoms with Gasteiger partial charge in [0.05, 0.1) is 33.3 Å². The molecule has 0 N–H and O–H groups in total. The number of benzene rings is 1. The molecular weight excluding hydrogens is 360 g/mol. The van der Waals surface area contributed by atoms with E-state index in [1.54, 1.807) is 6.07 Å². The molecule has 2 rings (SSSR count). The van der Waals surface area contributed by atoms with Crippen LogP contribution in [-0.4, -0.2) is 4.98 Å². The van der Waals surface area contributed by atoms with Crippen LogP contribution in [0, 0.1) is 11.3 Å². The molecule has 0 aliphatic carbocycles. The lowest BCUT2D eigenvalue weighted by Crippen LogP contribution is -2.10. The highest BCUT2D eigenvalue weighted by atomic mass is 35.5. The monoisotopic (exact) mass is 364 g/mol. The molecule has 0 saturated carbocycles. The predicted molar refractivity (Wildman–Crippen MR) is 79.0 cm³/mol. The molecule has 22 heavy (non-hydrogen) atoms. The standard InChI is InChI=1S/C14H6Cl3F3N2/c15-9-5-7(6-10(16)13(9)17)8-1-2-12(14(18,19)20)22-11(8)3-4-21/h1-2,5-6H,3H2. The maximum atomic E-state index is 12.7. The Morgan fingerprint density at radius 1 is 1.09 bits per heavy atom. The van der Waals surface area contributed by atoms with Gasteiger partial charge < -0.3 is 0 Å². The van der Waals surface area contributed by atoms with E-state index in [1.165, 1.54) is 18.2 Å². The van der Waals surface area contributed by atoms with Gasteiger partial charge in [0, 0.05) is 5.56 Å². The van der Waals surface area contributed by atoms with Crippen molar-refractivity contribution in [1.29, 1.82) is 5.26 Å². The van der Waals surface area contributed by atoms with Gasteiger partial charge in [0.25, 0.3) is 0 Å². The maximum absolute atomic E-state index is 12.7. The van der Waals surface area contributed by atoms with Crippen molar-refractivity contribution in [3.63, 3.8) is 0 Å². The molecule has 0 radical (unpaired) electrons. The van der Waals surface area contributed by atoms with Gasteiger partial charge in [-0.1, -0.05) is 40.9 Å². The lowest BCUT2D eigenvalue weighted by atomic mass is 10.0. The number of halogens is 6. The summed E-state index contributed by atoms with van der Waals surface area (Å²) in [6, 6.07) is 6.78. The van der Waals surface area contributed by atoms with E-state index >= 15 is 0 Å². The number of hydrogen-bond acceptors (Lipinski definition) is 2. The molecule has 0 bridgehead atoms. The van der Waals surface area contributed by atoms with Gasteiger partial charge in [-0.2, -0.15) is 18.4 Å². The number of aromatic nitrogens is 1. The summed E-state index contributed by atoms with van der Waals surface area (Å²) in [6.45, 7) is 0. The fraction of sp³-hybridized carbons (Fsp3) is 0.143. The lowest BCUT2D eigenvalue weighted by Gasteiger charge is -2.12. The second-order valence-electron chi connectivity index (χ2n) is 4.28. The van der Waals surface area contributed by atoms with Gasteiger partial charge in [0.1, 0.15) is 5.69 Å². The van der Waals surface area contributed by atoms with Gasteiger partial charge in [-0.3, -0.25) is 0 Å². The van der Waals surface area contributed by atoms with E-state index < -0.39 is 11.9 Å². The van der Waals surface area contributed by atoms with Crippen LogP contribution in [-0.2, 0) is 12.6 Å². The van der Waals surface area contributed by atoms with Crippen LogP contribution in [0.4, 0.5) is 13.2 Å². The molecule has 0 amide bonds. The van der Waals surface area contributed by atoms with E-state index in [9.17, 15) is 13.2 Å². The van der Waals surface area contributed by atoms with Gasteiger partial charge in [-0.15, -0.1) is 0 Å². The summed E-state index contributed by atoms with van der Waals surface area (Å²) in [6.07, 6.45) is -4.87.